The minimum atomic E-state index is -1.10. The topological polar surface area (TPSA) is 95.5 Å². The minimum Gasteiger partial charge on any atom is -0.480 e. The maximum Gasteiger partial charge on any atom is 0.325 e. The van der Waals surface area contributed by atoms with E-state index in [2.05, 4.69) is 17.6 Å². The zero-order valence-electron chi connectivity index (χ0n) is 12.7. The van der Waals surface area contributed by atoms with Crippen LogP contribution in [0.25, 0.3) is 0 Å². The van der Waals surface area contributed by atoms with Gasteiger partial charge in [-0.1, -0.05) is 33.6 Å². The summed E-state index contributed by atoms with van der Waals surface area (Å²) in [6, 6.07) is -1.67. The fraction of sp³-hybridized carbons (Fsp3) is 0.786. The van der Waals surface area contributed by atoms with Crippen molar-refractivity contribution in [3.63, 3.8) is 0 Å². The van der Waals surface area contributed by atoms with Crippen LogP contribution in [0.15, 0.2) is 0 Å². The van der Waals surface area contributed by atoms with Crippen molar-refractivity contribution < 1.29 is 19.5 Å². The van der Waals surface area contributed by atoms with Crippen LogP contribution in [0, 0.1) is 5.92 Å². The van der Waals surface area contributed by atoms with Gasteiger partial charge in [-0.15, -0.1) is 0 Å². The van der Waals surface area contributed by atoms with Crippen LogP contribution in [0.1, 0.15) is 53.4 Å². The highest BCUT2D eigenvalue weighted by Crippen LogP contribution is 2.05. The number of carbonyl (C=O) groups is 3. The summed E-state index contributed by atoms with van der Waals surface area (Å²) in [5.74, 6) is -1.84. The van der Waals surface area contributed by atoms with Crippen LogP contribution in [0.5, 0.6) is 0 Å². The number of aliphatic carboxylic acids is 1. The maximum atomic E-state index is 12.0. The molecule has 6 nitrogen and oxygen atoms in total. The zero-order chi connectivity index (χ0) is 15.7. The highest BCUT2D eigenvalue weighted by atomic mass is 16.4. The number of hydrogen-bond acceptors (Lipinski definition) is 3. The predicted octanol–water partition coefficient (Wildman–Crippen LogP) is 1.30. The largest absolute Gasteiger partial charge is 0.480 e. The van der Waals surface area contributed by atoms with Crippen LogP contribution in [-0.2, 0) is 14.4 Å². The molecule has 0 radical (unpaired) electrons. The molecular formula is C14H26N2O4. The van der Waals surface area contributed by atoms with E-state index in [9.17, 15) is 14.4 Å². The molecule has 20 heavy (non-hydrogen) atoms. The molecule has 0 heterocycles. The molecule has 0 bridgehead atoms. The number of carbonyl (C=O) groups excluding carboxylic acids is 2. The van der Waals surface area contributed by atoms with E-state index in [-0.39, 0.29) is 11.8 Å². The first-order chi connectivity index (χ1) is 9.29. The van der Waals surface area contributed by atoms with Gasteiger partial charge >= 0.3 is 5.97 Å². The summed E-state index contributed by atoms with van der Waals surface area (Å²) in [4.78, 5) is 34.4. The molecule has 0 rings (SSSR count). The van der Waals surface area contributed by atoms with Gasteiger partial charge in [-0.2, -0.15) is 0 Å². The quantitative estimate of drug-likeness (QED) is 0.557. The number of carboxylic acid groups (broad SMARTS) is 1. The third-order valence-corrected chi connectivity index (χ3v) is 3.00. The lowest BCUT2D eigenvalue weighted by Crippen LogP contribution is -2.53. The van der Waals surface area contributed by atoms with Gasteiger partial charge in [0.1, 0.15) is 12.1 Å². The van der Waals surface area contributed by atoms with Crippen LogP contribution < -0.4 is 10.6 Å². The van der Waals surface area contributed by atoms with Crippen molar-refractivity contribution in [2.24, 2.45) is 5.92 Å². The zero-order valence-corrected chi connectivity index (χ0v) is 12.7. The lowest BCUT2D eigenvalue weighted by atomic mass is 10.0. The van der Waals surface area contributed by atoms with Gasteiger partial charge in [0.15, 0.2) is 0 Å². The van der Waals surface area contributed by atoms with Crippen LogP contribution >= 0.6 is 0 Å². The smallest absolute Gasteiger partial charge is 0.325 e. The van der Waals surface area contributed by atoms with Crippen molar-refractivity contribution in [3.05, 3.63) is 0 Å². The first-order valence-electron chi connectivity index (χ1n) is 7.12. The first-order valence-corrected chi connectivity index (χ1v) is 7.12. The molecule has 3 N–H and O–H groups in total. The molecule has 2 amide bonds. The van der Waals surface area contributed by atoms with Crippen molar-refractivity contribution in [1.29, 1.82) is 0 Å². The molecule has 0 spiro atoms. The van der Waals surface area contributed by atoms with Crippen LogP contribution in [-0.4, -0.2) is 35.0 Å². The van der Waals surface area contributed by atoms with Crippen molar-refractivity contribution in [1.82, 2.24) is 10.6 Å². The normalized spacial score (nSPS) is 13.7. The van der Waals surface area contributed by atoms with Gasteiger partial charge in [-0.05, 0) is 19.3 Å². The molecule has 0 aromatic heterocycles. The van der Waals surface area contributed by atoms with Gasteiger partial charge in [0, 0.05) is 6.42 Å². The molecule has 0 aromatic rings. The summed E-state index contributed by atoms with van der Waals surface area (Å²) in [7, 11) is 0. The average Bonchev–Trinajstić information content (AvgIpc) is 2.35. The van der Waals surface area contributed by atoms with E-state index < -0.39 is 24.0 Å². The SMILES string of the molecule is CCCCCC(=O)N[C@H](C(=O)N[C@@H](C)C(=O)O)C(C)C. The molecule has 2 atom stereocenters. The Morgan fingerprint density at radius 2 is 1.65 bits per heavy atom. The van der Waals surface area contributed by atoms with Crippen LogP contribution in [0.4, 0.5) is 0 Å². The Morgan fingerprint density at radius 1 is 1.05 bits per heavy atom. The Morgan fingerprint density at radius 3 is 2.10 bits per heavy atom. The van der Waals surface area contributed by atoms with E-state index in [1.807, 2.05) is 13.8 Å². The molecular weight excluding hydrogens is 260 g/mol. The fourth-order valence-corrected chi connectivity index (χ4v) is 1.68. The molecule has 0 aliphatic heterocycles. The standard InChI is InChI=1S/C14H26N2O4/c1-5-6-7-8-11(17)16-12(9(2)3)13(18)15-10(4)14(19)20/h9-10,12H,5-8H2,1-4H3,(H,15,18)(H,16,17)(H,19,20)/t10-,12-/m0/s1. The van der Waals surface area contributed by atoms with E-state index in [1.165, 1.54) is 6.92 Å². The van der Waals surface area contributed by atoms with E-state index in [4.69, 9.17) is 5.11 Å². The van der Waals surface area contributed by atoms with Crippen LogP contribution in [0.3, 0.4) is 0 Å². The van der Waals surface area contributed by atoms with Crippen LogP contribution in [0.2, 0.25) is 0 Å². The number of unbranched alkanes of at least 4 members (excludes halogenated alkanes) is 2. The maximum absolute atomic E-state index is 12.0. The van der Waals surface area contributed by atoms with Gasteiger partial charge < -0.3 is 15.7 Å². The minimum absolute atomic E-state index is 0.105. The average molecular weight is 286 g/mol. The Labute approximate surface area is 120 Å². The molecule has 0 saturated heterocycles. The van der Waals surface area contributed by atoms with E-state index in [1.54, 1.807) is 0 Å². The summed E-state index contributed by atoms with van der Waals surface area (Å²) < 4.78 is 0. The van der Waals surface area contributed by atoms with Crippen molar-refractivity contribution >= 4 is 17.8 Å². The number of nitrogens with one attached hydrogen (secondary N) is 2. The van der Waals surface area contributed by atoms with Gasteiger partial charge in [-0.3, -0.25) is 14.4 Å². The van der Waals surface area contributed by atoms with Gasteiger partial charge in [0.05, 0.1) is 0 Å². The number of rotatable bonds is 9. The van der Waals surface area contributed by atoms with E-state index in [0.29, 0.717) is 6.42 Å². The summed E-state index contributed by atoms with van der Waals surface area (Å²) in [5.41, 5.74) is 0. The monoisotopic (exact) mass is 286 g/mol. The molecule has 6 heteroatoms. The number of carboxylic acids is 1. The molecule has 116 valence electrons. The van der Waals surface area contributed by atoms with Gasteiger partial charge in [0.25, 0.3) is 0 Å². The molecule has 0 unspecified atom stereocenters. The Balaban J connectivity index is 4.45. The second kappa shape index (κ2) is 9.34. The summed E-state index contributed by atoms with van der Waals surface area (Å²) in [5, 5.41) is 13.8. The lowest BCUT2D eigenvalue weighted by molar-refractivity contribution is -0.142. The van der Waals surface area contributed by atoms with Crippen molar-refractivity contribution in [2.45, 2.75) is 65.5 Å². The molecule has 0 aromatic carbocycles. The number of hydrogen-bond donors (Lipinski definition) is 3. The Kier molecular flexibility index (Phi) is 8.59. The summed E-state index contributed by atoms with van der Waals surface area (Å²) in [6.45, 7) is 7.06. The molecule has 0 saturated carbocycles. The fourth-order valence-electron chi connectivity index (χ4n) is 1.68. The lowest BCUT2D eigenvalue weighted by Gasteiger charge is -2.23. The van der Waals surface area contributed by atoms with Gasteiger partial charge in [-0.25, -0.2) is 0 Å². The van der Waals surface area contributed by atoms with Crippen molar-refractivity contribution in [3.8, 4) is 0 Å². The summed E-state index contributed by atoms with van der Waals surface area (Å²) >= 11 is 0. The predicted molar refractivity (Wildman–Crippen MR) is 76.2 cm³/mol. The summed E-state index contributed by atoms with van der Waals surface area (Å²) in [6.07, 6.45) is 3.18. The second-order valence-electron chi connectivity index (χ2n) is 5.31. The van der Waals surface area contributed by atoms with Crippen molar-refractivity contribution in [2.75, 3.05) is 0 Å². The van der Waals surface area contributed by atoms with E-state index in [0.717, 1.165) is 19.3 Å². The van der Waals surface area contributed by atoms with Gasteiger partial charge in [0.2, 0.25) is 11.8 Å². The third-order valence-electron chi connectivity index (χ3n) is 3.00. The second-order valence-corrected chi connectivity index (χ2v) is 5.31. The van der Waals surface area contributed by atoms with E-state index >= 15 is 0 Å². The third kappa shape index (κ3) is 7.11. The highest BCUT2D eigenvalue weighted by molar-refractivity contribution is 5.90. The molecule has 0 aliphatic rings. The molecule has 0 aliphatic carbocycles. The Bertz CT molecular complexity index is 342. The number of amides is 2. The first kappa shape index (κ1) is 18.4. The Hall–Kier alpha value is -1.59. The molecule has 0 fully saturated rings. The highest BCUT2D eigenvalue weighted by Gasteiger charge is 2.26.